The Morgan fingerprint density at radius 2 is 1.32 bits per heavy atom. The van der Waals surface area contributed by atoms with Crippen molar-refractivity contribution in [3.05, 3.63) is 96.3 Å². The number of nitrogens with zero attached hydrogens (tertiary/aromatic N) is 2. The molecule has 0 aliphatic heterocycles. The fraction of sp³-hybridized carbons (Fsp3) is 0.267. The maximum absolute atomic E-state index is 6.27. The van der Waals surface area contributed by atoms with Crippen LogP contribution >= 0.6 is 0 Å². The Morgan fingerprint density at radius 3 is 2.00 bits per heavy atom. The van der Waals surface area contributed by atoms with Crippen molar-refractivity contribution in [1.82, 2.24) is 9.97 Å². The molecule has 0 fully saturated rings. The smallest absolute Gasteiger partial charge is 0.497 e. The average Bonchev–Trinajstić information content (AvgIpc) is 2.79. The van der Waals surface area contributed by atoms with Crippen molar-refractivity contribution in [3.8, 4) is 34.0 Å². The topological polar surface area (TPSA) is 35.0 Å². The van der Waals surface area contributed by atoms with Crippen molar-refractivity contribution < 1.29 is 25.8 Å². The predicted molar refractivity (Wildman–Crippen MR) is 134 cm³/mol. The molecule has 4 aromatic rings. The van der Waals surface area contributed by atoms with Crippen LogP contribution in [0, 0.1) is 12.1 Å². The first-order valence-electron chi connectivity index (χ1n) is 11.3. The Bertz CT molecular complexity index is 1250. The van der Waals surface area contributed by atoms with Crippen molar-refractivity contribution in [1.29, 1.82) is 0 Å². The summed E-state index contributed by atoms with van der Waals surface area (Å²) in [5, 5.41) is 0. The van der Waals surface area contributed by atoms with Gasteiger partial charge in [0, 0.05) is 23.9 Å². The summed E-state index contributed by atoms with van der Waals surface area (Å²) in [5.74, 6) is 1.28. The average molecular weight is 630 g/mol. The summed E-state index contributed by atoms with van der Waals surface area (Å²) in [6, 6.07) is 26.9. The second kappa shape index (κ2) is 10.2. The standard InChI is InChI=1S/C30H30N2O.Pt/c1-29(2,3)23-13-15-32-28(20-23)21-10-9-11-25(17-21)33-26-18-22(27-12-7-8-14-31-27)16-24(19-26)30(4,5)6;/h7-16,19-20H,1-6H3;/q-2;+2. The molecule has 0 radical (unpaired) electrons. The van der Waals surface area contributed by atoms with E-state index in [1.807, 2.05) is 48.7 Å². The maximum atomic E-state index is 6.27. The molecular formula is C30H30N2OPt. The Labute approximate surface area is 217 Å². The minimum Gasteiger partial charge on any atom is -0.497 e. The molecule has 3 nitrogen and oxygen atoms in total. The fourth-order valence-electron chi connectivity index (χ4n) is 3.51. The molecule has 176 valence electrons. The zero-order valence-corrected chi connectivity index (χ0v) is 22.8. The van der Waals surface area contributed by atoms with E-state index in [4.69, 9.17) is 4.74 Å². The van der Waals surface area contributed by atoms with E-state index in [1.165, 1.54) is 5.56 Å². The molecule has 0 bridgehead atoms. The molecule has 0 aliphatic rings. The van der Waals surface area contributed by atoms with Gasteiger partial charge >= 0.3 is 21.1 Å². The largest absolute Gasteiger partial charge is 2.00 e. The van der Waals surface area contributed by atoms with E-state index in [-0.39, 0.29) is 31.9 Å². The van der Waals surface area contributed by atoms with Crippen molar-refractivity contribution in [2.75, 3.05) is 0 Å². The second-order valence-corrected chi connectivity index (χ2v) is 10.3. The van der Waals surface area contributed by atoms with Crippen LogP contribution in [0.4, 0.5) is 0 Å². The van der Waals surface area contributed by atoms with E-state index in [1.54, 1.807) is 6.20 Å². The summed E-state index contributed by atoms with van der Waals surface area (Å²) in [6.07, 6.45) is 3.65. The summed E-state index contributed by atoms with van der Waals surface area (Å²) >= 11 is 0. The minimum absolute atomic E-state index is 0. The van der Waals surface area contributed by atoms with Crippen LogP contribution in [0.3, 0.4) is 0 Å². The van der Waals surface area contributed by atoms with Gasteiger partial charge in [-0.3, -0.25) is 0 Å². The molecule has 2 aromatic carbocycles. The molecule has 0 aliphatic carbocycles. The summed E-state index contributed by atoms with van der Waals surface area (Å²) in [6.45, 7) is 13.2. The van der Waals surface area contributed by atoms with Crippen LogP contribution in [-0.2, 0) is 31.9 Å². The number of hydrogen-bond acceptors (Lipinski definition) is 3. The SMILES string of the molecule is CC(C)(C)c1cc(Oc2[c-]c(-c3cc(C(C)(C)C)ccn3)ccc2)[c-]c(-c2ccccn2)c1.[Pt+2]. The first kappa shape index (κ1) is 25.8. The maximum Gasteiger partial charge on any atom is 2.00 e. The molecule has 4 rings (SSSR count). The molecule has 0 spiro atoms. The van der Waals surface area contributed by atoms with E-state index in [9.17, 15) is 0 Å². The van der Waals surface area contributed by atoms with Crippen molar-refractivity contribution >= 4 is 0 Å². The van der Waals surface area contributed by atoms with E-state index >= 15 is 0 Å². The molecule has 4 heteroatoms. The molecule has 34 heavy (non-hydrogen) atoms. The van der Waals surface area contributed by atoms with E-state index < -0.39 is 0 Å². The molecule has 0 unspecified atom stereocenters. The van der Waals surface area contributed by atoms with E-state index in [2.05, 4.69) is 81.8 Å². The van der Waals surface area contributed by atoms with Crippen LogP contribution in [0.25, 0.3) is 22.5 Å². The molecule has 0 atom stereocenters. The van der Waals surface area contributed by atoms with Gasteiger partial charge in [0.15, 0.2) is 0 Å². The van der Waals surface area contributed by atoms with Gasteiger partial charge < -0.3 is 14.7 Å². The third-order valence-corrected chi connectivity index (χ3v) is 5.54. The number of hydrogen-bond donors (Lipinski definition) is 0. The Balaban J connectivity index is 0.00000324. The van der Waals surface area contributed by atoms with Gasteiger partial charge in [0.25, 0.3) is 0 Å². The zero-order valence-electron chi connectivity index (χ0n) is 20.5. The number of pyridine rings is 2. The van der Waals surface area contributed by atoms with Gasteiger partial charge in [-0.25, -0.2) is 0 Å². The van der Waals surface area contributed by atoms with Crippen molar-refractivity contribution in [2.45, 2.75) is 52.4 Å². The van der Waals surface area contributed by atoms with E-state index in [0.717, 1.165) is 28.1 Å². The Morgan fingerprint density at radius 1 is 0.618 bits per heavy atom. The zero-order chi connectivity index (χ0) is 23.6. The number of ether oxygens (including phenoxy) is 1. The third-order valence-electron chi connectivity index (χ3n) is 5.54. The van der Waals surface area contributed by atoms with Gasteiger partial charge in [-0.15, -0.1) is 41.0 Å². The first-order chi connectivity index (χ1) is 15.6. The quantitative estimate of drug-likeness (QED) is 0.216. The van der Waals surface area contributed by atoms with Crippen LogP contribution in [0.1, 0.15) is 52.7 Å². The molecule has 2 aromatic heterocycles. The summed E-state index contributed by atoms with van der Waals surface area (Å²) in [7, 11) is 0. The summed E-state index contributed by atoms with van der Waals surface area (Å²) in [4.78, 5) is 9.07. The van der Waals surface area contributed by atoms with Gasteiger partial charge in [-0.2, -0.15) is 0 Å². The van der Waals surface area contributed by atoms with E-state index in [0.29, 0.717) is 11.5 Å². The monoisotopic (exact) mass is 629 g/mol. The predicted octanol–water partition coefficient (Wildman–Crippen LogP) is 7.80. The fourth-order valence-corrected chi connectivity index (χ4v) is 3.51. The van der Waals surface area contributed by atoms with Gasteiger partial charge in [0.2, 0.25) is 0 Å². The normalized spacial score (nSPS) is 11.6. The van der Waals surface area contributed by atoms with Gasteiger partial charge in [0.05, 0.1) is 0 Å². The van der Waals surface area contributed by atoms with Crippen LogP contribution in [-0.4, -0.2) is 9.97 Å². The Kier molecular flexibility index (Phi) is 7.78. The van der Waals surface area contributed by atoms with Gasteiger partial charge in [-0.05, 0) is 39.9 Å². The molecular weight excluding hydrogens is 599 g/mol. The number of benzene rings is 2. The molecule has 0 saturated carbocycles. The van der Waals surface area contributed by atoms with Crippen LogP contribution in [0.5, 0.6) is 11.5 Å². The molecule has 0 saturated heterocycles. The third kappa shape index (κ3) is 6.21. The first-order valence-corrected chi connectivity index (χ1v) is 11.3. The second-order valence-electron chi connectivity index (χ2n) is 10.3. The van der Waals surface area contributed by atoms with Gasteiger partial charge in [0.1, 0.15) is 0 Å². The van der Waals surface area contributed by atoms with Gasteiger partial charge in [-0.1, -0.05) is 77.9 Å². The summed E-state index contributed by atoms with van der Waals surface area (Å²) in [5.41, 5.74) is 5.97. The van der Waals surface area contributed by atoms with Crippen molar-refractivity contribution in [3.63, 3.8) is 0 Å². The number of aromatic nitrogens is 2. The van der Waals surface area contributed by atoms with Crippen molar-refractivity contribution in [2.24, 2.45) is 0 Å². The minimum atomic E-state index is -0.0420. The number of rotatable bonds is 4. The van der Waals surface area contributed by atoms with Crippen LogP contribution < -0.4 is 4.74 Å². The van der Waals surface area contributed by atoms with Crippen LogP contribution in [0.15, 0.2) is 73.1 Å². The molecule has 0 N–H and O–H groups in total. The Hall–Kier alpha value is -2.77. The van der Waals surface area contributed by atoms with Crippen LogP contribution in [0.2, 0.25) is 0 Å². The molecule has 2 heterocycles. The molecule has 0 amide bonds. The summed E-state index contributed by atoms with van der Waals surface area (Å²) < 4.78 is 6.27.